The van der Waals surface area contributed by atoms with E-state index in [0.29, 0.717) is 19.8 Å². The van der Waals surface area contributed by atoms with Gasteiger partial charge < -0.3 is 19.1 Å². The number of hydrogen-bond donors (Lipinski definition) is 0. The quantitative estimate of drug-likeness (QED) is 0.635. The van der Waals surface area contributed by atoms with E-state index in [1.807, 2.05) is 56.3 Å². The molecule has 0 spiro atoms. The average Bonchev–Trinajstić information content (AvgIpc) is 3.16. The number of hydrogen-bond acceptors (Lipinski definition) is 6. The first-order valence-electron chi connectivity index (χ1n) is 10.1. The van der Waals surface area contributed by atoms with E-state index in [0.717, 1.165) is 46.7 Å². The molecule has 0 amide bonds. The molecule has 4 rings (SSSR count). The molecule has 0 radical (unpaired) electrons. The van der Waals surface area contributed by atoms with Crippen LogP contribution in [-0.4, -0.2) is 47.7 Å². The topological polar surface area (TPSA) is 61.6 Å². The van der Waals surface area contributed by atoms with Gasteiger partial charge in [0.2, 0.25) is 0 Å². The Balaban J connectivity index is 1.73. The minimum atomic E-state index is -0.421. The van der Waals surface area contributed by atoms with Crippen LogP contribution in [0.1, 0.15) is 26.3 Å². The summed E-state index contributed by atoms with van der Waals surface area (Å²) in [4.78, 5) is 6.93. The van der Waals surface area contributed by atoms with Gasteiger partial charge in [-0.05, 0) is 32.9 Å². The van der Waals surface area contributed by atoms with Crippen LogP contribution < -0.4 is 14.4 Å². The highest BCUT2D eigenvalue weighted by molar-refractivity contribution is 5.94. The smallest absolute Gasteiger partial charge is 0.163 e. The largest absolute Gasteiger partial charge is 0.490 e. The molecule has 1 aliphatic rings. The van der Waals surface area contributed by atoms with Crippen molar-refractivity contribution in [3.05, 3.63) is 42.4 Å². The number of morpholine rings is 1. The van der Waals surface area contributed by atoms with Crippen LogP contribution >= 0.6 is 0 Å². The monoisotopic (exact) mass is 396 g/mol. The zero-order valence-electron chi connectivity index (χ0n) is 17.5. The number of ether oxygens (including phenoxy) is 3. The molecule has 154 valence electrons. The van der Waals surface area contributed by atoms with Crippen LogP contribution in [0.2, 0.25) is 0 Å². The molecule has 2 aromatic heterocycles. The van der Waals surface area contributed by atoms with E-state index >= 15 is 0 Å². The van der Waals surface area contributed by atoms with E-state index in [4.69, 9.17) is 14.2 Å². The number of benzene rings is 1. The molecule has 1 unspecified atom stereocenters. The summed E-state index contributed by atoms with van der Waals surface area (Å²) in [6.07, 6.45) is 5.76. The molecule has 0 bridgehead atoms. The zero-order valence-corrected chi connectivity index (χ0v) is 17.5. The molecule has 1 atom stereocenters. The molecule has 1 fully saturated rings. The van der Waals surface area contributed by atoms with Gasteiger partial charge in [-0.25, -0.2) is 0 Å². The van der Waals surface area contributed by atoms with Crippen LogP contribution in [0.15, 0.2) is 36.8 Å². The van der Waals surface area contributed by atoms with Crippen molar-refractivity contribution >= 4 is 16.6 Å². The van der Waals surface area contributed by atoms with Crippen molar-refractivity contribution in [2.24, 2.45) is 7.05 Å². The van der Waals surface area contributed by atoms with Gasteiger partial charge in [0.1, 0.15) is 5.60 Å². The highest BCUT2D eigenvalue weighted by atomic mass is 16.5. The molecule has 7 heteroatoms. The summed E-state index contributed by atoms with van der Waals surface area (Å²) >= 11 is 0. The molecule has 1 saturated heterocycles. The first-order chi connectivity index (χ1) is 14.0. The van der Waals surface area contributed by atoms with E-state index in [2.05, 4.69) is 28.0 Å². The van der Waals surface area contributed by atoms with Crippen molar-refractivity contribution in [3.8, 4) is 11.5 Å². The van der Waals surface area contributed by atoms with Crippen LogP contribution in [0.5, 0.6) is 11.5 Å². The lowest BCUT2D eigenvalue weighted by Gasteiger charge is -2.41. The second-order valence-electron chi connectivity index (χ2n) is 7.42. The maximum absolute atomic E-state index is 6.19. The van der Waals surface area contributed by atoms with Crippen LogP contribution in [0.3, 0.4) is 0 Å². The zero-order chi connectivity index (χ0) is 20.4. The Hall–Kier alpha value is -2.80. The minimum Gasteiger partial charge on any atom is -0.490 e. The van der Waals surface area contributed by atoms with Gasteiger partial charge in [0, 0.05) is 48.7 Å². The van der Waals surface area contributed by atoms with E-state index < -0.39 is 5.60 Å². The van der Waals surface area contributed by atoms with Crippen LogP contribution in [0.25, 0.3) is 10.9 Å². The fourth-order valence-corrected chi connectivity index (χ4v) is 3.90. The number of aryl methyl sites for hydroxylation is 1. The number of rotatable bonds is 6. The lowest BCUT2D eigenvalue weighted by molar-refractivity contribution is -0.0465. The van der Waals surface area contributed by atoms with Crippen molar-refractivity contribution in [1.29, 1.82) is 0 Å². The summed E-state index contributed by atoms with van der Waals surface area (Å²) < 4.78 is 19.6. The Morgan fingerprint density at radius 3 is 2.62 bits per heavy atom. The molecule has 29 heavy (non-hydrogen) atoms. The third kappa shape index (κ3) is 3.74. The summed E-state index contributed by atoms with van der Waals surface area (Å²) in [6, 6.07) is 6.07. The van der Waals surface area contributed by atoms with Gasteiger partial charge in [-0.2, -0.15) is 5.10 Å². The van der Waals surface area contributed by atoms with Gasteiger partial charge in [-0.3, -0.25) is 9.67 Å². The molecule has 0 saturated carbocycles. The summed E-state index contributed by atoms with van der Waals surface area (Å²) in [5.74, 6) is 1.48. The fraction of sp³-hybridized carbons (Fsp3) is 0.455. The molecule has 1 aromatic carbocycles. The van der Waals surface area contributed by atoms with Crippen molar-refractivity contribution in [2.75, 3.05) is 37.8 Å². The summed E-state index contributed by atoms with van der Waals surface area (Å²) in [6.45, 7) is 9.42. The van der Waals surface area contributed by atoms with Gasteiger partial charge in [0.15, 0.2) is 11.5 Å². The summed E-state index contributed by atoms with van der Waals surface area (Å²) in [5, 5.41) is 5.37. The minimum absolute atomic E-state index is 0.421. The second-order valence-corrected chi connectivity index (χ2v) is 7.42. The Morgan fingerprint density at radius 1 is 1.17 bits per heavy atom. The number of aromatic nitrogens is 3. The lowest BCUT2D eigenvalue weighted by atomic mass is 9.96. The molecule has 0 N–H and O–H groups in total. The van der Waals surface area contributed by atoms with E-state index in [1.54, 1.807) is 0 Å². The Kier molecular flexibility index (Phi) is 5.32. The normalized spacial score (nSPS) is 19.5. The fourth-order valence-electron chi connectivity index (χ4n) is 3.90. The highest BCUT2D eigenvalue weighted by Gasteiger charge is 2.35. The van der Waals surface area contributed by atoms with E-state index in [-0.39, 0.29) is 0 Å². The SMILES string of the molecule is CCOc1cc2nccc(N3CCOC(C)(c4cnn(C)c4)C3)c2cc1OCC. The number of fused-ring (bicyclic) bond motifs is 1. The predicted octanol–water partition coefficient (Wildman–Crippen LogP) is 3.52. The maximum atomic E-state index is 6.19. The van der Waals surface area contributed by atoms with Crippen molar-refractivity contribution in [3.63, 3.8) is 0 Å². The third-order valence-electron chi connectivity index (χ3n) is 5.31. The predicted molar refractivity (Wildman–Crippen MR) is 113 cm³/mol. The number of anilines is 1. The van der Waals surface area contributed by atoms with Crippen molar-refractivity contribution in [1.82, 2.24) is 14.8 Å². The first kappa shape index (κ1) is 19.5. The maximum Gasteiger partial charge on any atom is 0.163 e. The van der Waals surface area contributed by atoms with E-state index in [1.165, 1.54) is 0 Å². The average molecular weight is 396 g/mol. The Bertz CT molecular complexity index is 1000. The third-order valence-corrected chi connectivity index (χ3v) is 5.31. The summed E-state index contributed by atoms with van der Waals surface area (Å²) in [7, 11) is 1.93. The highest BCUT2D eigenvalue weighted by Crippen LogP contribution is 2.38. The Morgan fingerprint density at radius 2 is 1.93 bits per heavy atom. The number of pyridine rings is 1. The van der Waals surface area contributed by atoms with Gasteiger partial charge >= 0.3 is 0 Å². The van der Waals surface area contributed by atoms with Crippen molar-refractivity contribution < 1.29 is 14.2 Å². The molecule has 3 heterocycles. The molecular weight excluding hydrogens is 368 g/mol. The van der Waals surface area contributed by atoms with E-state index in [9.17, 15) is 0 Å². The van der Waals surface area contributed by atoms with Crippen LogP contribution in [0.4, 0.5) is 5.69 Å². The molecule has 1 aliphatic heterocycles. The van der Waals surface area contributed by atoms with Gasteiger partial charge in [0.25, 0.3) is 0 Å². The molecule has 7 nitrogen and oxygen atoms in total. The van der Waals surface area contributed by atoms with Crippen molar-refractivity contribution in [2.45, 2.75) is 26.4 Å². The molecule has 3 aromatic rings. The number of nitrogens with zero attached hydrogens (tertiary/aromatic N) is 4. The first-order valence-corrected chi connectivity index (χ1v) is 10.1. The molecular formula is C22H28N4O3. The van der Waals surface area contributed by atoms with Gasteiger partial charge in [-0.15, -0.1) is 0 Å². The second kappa shape index (κ2) is 7.91. The van der Waals surface area contributed by atoms with Gasteiger partial charge in [-0.1, -0.05) is 0 Å². The van der Waals surface area contributed by atoms with Gasteiger partial charge in [0.05, 0.1) is 38.1 Å². The molecule has 0 aliphatic carbocycles. The van der Waals surface area contributed by atoms with Crippen LogP contribution in [0, 0.1) is 0 Å². The lowest BCUT2D eigenvalue weighted by Crippen LogP contribution is -2.48. The van der Waals surface area contributed by atoms with Crippen LogP contribution in [-0.2, 0) is 17.4 Å². The Labute approximate surface area is 171 Å². The standard InChI is InChI=1S/C22H28N4O3/c1-5-27-20-11-17-18(12-21(20)28-6-2)23-8-7-19(17)26-9-10-29-22(3,15-26)16-13-24-25(4)14-16/h7-8,11-14H,5-6,9-10,15H2,1-4H3. The summed E-state index contributed by atoms with van der Waals surface area (Å²) in [5.41, 5.74) is 2.67.